The first-order valence-corrected chi connectivity index (χ1v) is 20.5. The monoisotopic (exact) mass is 350 g/mol. The Morgan fingerprint density at radius 1 is 1.29 bits per heavy atom. The molecule has 1 heterocycles. The van der Waals surface area contributed by atoms with Crippen LogP contribution in [0.3, 0.4) is 0 Å². The van der Waals surface area contributed by atoms with Gasteiger partial charge in [0.2, 0.25) is 0 Å². The molecular weight excluding hydrogens is 334 g/mol. The summed E-state index contributed by atoms with van der Waals surface area (Å²) in [5.41, 5.74) is 0. The van der Waals surface area contributed by atoms with Crippen LogP contribution in [0.25, 0.3) is 0 Å². The molecule has 1 aliphatic rings. The fourth-order valence-corrected chi connectivity index (χ4v) is 61.3. The fourth-order valence-electron chi connectivity index (χ4n) is 1.74. The molecule has 2 rings (SSSR count). The Morgan fingerprint density at radius 2 is 1.93 bits per heavy atom. The number of rotatable bonds is 1. The van der Waals surface area contributed by atoms with E-state index < -0.39 is 22.2 Å². The average Bonchev–Trinajstić information content (AvgIpc) is 2.44. The Kier molecular flexibility index (Phi) is 3.38. The van der Waals surface area contributed by atoms with Gasteiger partial charge in [0.1, 0.15) is 0 Å². The molecule has 0 amide bonds. The predicted octanol–water partition coefficient (Wildman–Crippen LogP) is 3.66. The maximum atomic E-state index is 5.91. The van der Waals surface area contributed by atoms with Crippen LogP contribution in [0, 0.1) is 0 Å². The first kappa shape index (κ1) is 11.5. The van der Waals surface area contributed by atoms with Crippen molar-refractivity contribution in [3.05, 3.63) is 30.3 Å². The van der Waals surface area contributed by atoms with Gasteiger partial charge in [0.05, 0.1) is 0 Å². The molecule has 0 nitrogen and oxygen atoms in total. The van der Waals surface area contributed by atoms with Crippen molar-refractivity contribution in [1.82, 2.24) is 0 Å². The number of benzene rings is 1. The van der Waals surface area contributed by atoms with Gasteiger partial charge in [-0.25, -0.2) is 0 Å². The van der Waals surface area contributed by atoms with E-state index in [1.807, 2.05) is 0 Å². The molecule has 0 saturated carbocycles. The Morgan fingerprint density at radius 3 is 2.43 bits per heavy atom. The molecule has 1 unspecified atom stereocenters. The van der Waals surface area contributed by atoms with Crippen LogP contribution in [0.15, 0.2) is 30.3 Å². The van der Waals surface area contributed by atoms with E-state index in [4.69, 9.17) is 11.8 Å². The van der Waals surface area contributed by atoms with Gasteiger partial charge in [-0.3, -0.25) is 0 Å². The molecule has 0 aliphatic carbocycles. The van der Waals surface area contributed by atoms with Gasteiger partial charge < -0.3 is 0 Å². The Labute approximate surface area is 97.9 Å². The minimum absolute atomic E-state index is 1.20. The predicted molar refractivity (Wildman–Crippen MR) is 75.1 cm³/mol. The second-order valence-electron chi connectivity index (χ2n) is 4.33. The van der Waals surface area contributed by atoms with Gasteiger partial charge in [-0.05, 0) is 0 Å². The van der Waals surface area contributed by atoms with Gasteiger partial charge in [-0.15, -0.1) is 0 Å². The third-order valence-corrected chi connectivity index (χ3v) is 41.5. The van der Waals surface area contributed by atoms with Crippen LogP contribution in [0.1, 0.15) is 0 Å². The van der Waals surface area contributed by atoms with E-state index in [1.165, 1.54) is 15.9 Å². The molecule has 76 valence electrons. The van der Waals surface area contributed by atoms with Gasteiger partial charge in [0, 0.05) is 0 Å². The molecule has 0 N–H and O–H groups in total. The summed E-state index contributed by atoms with van der Waals surface area (Å²) in [5, 5.41) is 0.260. The summed E-state index contributed by atoms with van der Waals surface area (Å²) in [7, 11) is 2.26. The van der Waals surface area contributed by atoms with E-state index >= 15 is 0 Å². The summed E-state index contributed by atoms with van der Waals surface area (Å²) in [6, 6.07) is 10.8. The van der Waals surface area contributed by atoms with E-state index in [0.29, 0.717) is 0 Å². The van der Waals surface area contributed by atoms with Crippen molar-refractivity contribution in [1.29, 1.82) is 0 Å². The van der Waals surface area contributed by atoms with Crippen LogP contribution < -0.4 is 5.30 Å². The normalized spacial score (nSPS) is 30.4. The number of hydrogen-bond donors (Lipinski definition) is 0. The van der Waals surface area contributed by atoms with Crippen molar-refractivity contribution in [2.24, 2.45) is 0 Å². The summed E-state index contributed by atoms with van der Waals surface area (Å²) in [4.78, 5) is 5.05. The molecule has 1 saturated heterocycles. The second-order valence-corrected chi connectivity index (χ2v) is 35.4. The summed E-state index contributed by atoms with van der Waals surface area (Å²) < 4.78 is 1.48. The summed E-state index contributed by atoms with van der Waals surface area (Å²) in [6.45, 7) is 0. The molecule has 1 aromatic carbocycles. The molecule has 0 aromatic heterocycles. The van der Waals surface area contributed by atoms with E-state index in [2.05, 4.69) is 48.8 Å². The first-order chi connectivity index (χ1) is 6.52. The van der Waals surface area contributed by atoms with Crippen molar-refractivity contribution in [2.45, 2.75) is 14.3 Å². The maximum absolute atomic E-state index is 5.91. The Bertz CT molecular complexity index is 375. The Balaban J connectivity index is 2.33. The molecule has 14 heavy (non-hydrogen) atoms. The molecule has 1 aromatic rings. The molecule has 1 aliphatic heterocycles. The van der Waals surface area contributed by atoms with Gasteiger partial charge in [-0.2, -0.15) is 0 Å². The third-order valence-electron chi connectivity index (χ3n) is 2.55. The van der Waals surface area contributed by atoms with Crippen molar-refractivity contribution < 1.29 is 0 Å². The fraction of sp³-hybridized carbons (Fsp3) is 0.400. The van der Waals surface area contributed by atoms with E-state index in [1.54, 1.807) is 0 Å². The topological polar surface area (TPSA) is 0 Å². The van der Waals surface area contributed by atoms with E-state index in [9.17, 15) is 0 Å². The van der Waals surface area contributed by atoms with Crippen molar-refractivity contribution in [3.63, 3.8) is 0 Å². The van der Waals surface area contributed by atoms with Crippen LogP contribution in [-0.2, 0) is 11.8 Å². The standard InChI is InChI=1S/C8H10PS2.2CH3.Sn/c1-2-9(10,11)8-6-4-3-5-7-8;;;/h3-7H,1-2H2,(H,10,11);2*1H3;/q;;;+1/p-1. The van der Waals surface area contributed by atoms with Crippen molar-refractivity contribution in [2.75, 3.05) is 6.16 Å². The second kappa shape index (κ2) is 4.12. The van der Waals surface area contributed by atoms with Crippen LogP contribution in [-0.4, -0.2) is 23.2 Å². The van der Waals surface area contributed by atoms with Gasteiger partial charge >= 0.3 is 98.7 Å². The summed E-state index contributed by atoms with van der Waals surface area (Å²) in [5.74, 6) is 0. The molecular formula is C10H15PS2Sn. The van der Waals surface area contributed by atoms with E-state index in [-0.39, 0.29) is 0 Å². The summed E-state index contributed by atoms with van der Waals surface area (Å²) >= 11 is 4.20. The zero-order chi connectivity index (χ0) is 10.2. The molecule has 1 atom stereocenters. The van der Waals surface area contributed by atoms with Gasteiger partial charge in [0.15, 0.2) is 0 Å². The van der Waals surface area contributed by atoms with Crippen LogP contribution in [0.2, 0.25) is 14.3 Å². The average molecular weight is 349 g/mol. The van der Waals surface area contributed by atoms with Crippen molar-refractivity contribution >= 4 is 47.9 Å². The zero-order valence-electron chi connectivity index (χ0n) is 8.56. The quantitative estimate of drug-likeness (QED) is 0.561. The van der Waals surface area contributed by atoms with Crippen LogP contribution in [0.5, 0.6) is 0 Å². The third kappa shape index (κ3) is 2.40. The van der Waals surface area contributed by atoms with Crippen molar-refractivity contribution in [3.8, 4) is 0 Å². The molecule has 1 fully saturated rings. The molecule has 0 bridgehead atoms. The molecule has 0 spiro atoms. The first-order valence-electron chi connectivity index (χ1n) is 4.87. The minimum atomic E-state index is -1.71. The van der Waals surface area contributed by atoms with E-state index in [0.717, 1.165) is 0 Å². The van der Waals surface area contributed by atoms with Crippen LogP contribution >= 0.6 is 13.8 Å². The zero-order valence-corrected chi connectivity index (χ0v) is 13.9. The van der Waals surface area contributed by atoms with Gasteiger partial charge in [0.25, 0.3) is 0 Å². The summed E-state index contributed by atoms with van der Waals surface area (Å²) in [6.07, 6.45) is 1.32. The molecule has 0 radical (unpaired) electrons. The molecule has 4 heteroatoms. The Hall–Kier alpha value is 1.02. The van der Waals surface area contributed by atoms with Crippen LogP contribution in [0.4, 0.5) is 0 Å². The SMILES string of the molecule is [CH3][Sn]1([CH3])[CH2]CP(=S)(c2ccccc2)[S]1. The van der Waals surface area contributed by atoms with Gasteiger partial charge in [-0.1, -0.05) is 0 Å². The number of hydrogen-bond acceptors (Lipinski definition) is 2.